The lowest BCUT2D eigenvalue weighted by Crippen LogP contribution is -2.61. The molecule has 344 valence electrons. The molecule has 14 heteroatoms. The van der Waals surface area contributed by atoms with Gasteiger partial charge in [-0.15, -0.1) is 0 Å². The van der Waals surface area contributed by atoms with Gasteiger partial charge in [0.05, 0.1) is 31.8 Å². The number of rotatable bonds is 22. The fraction of sp³-hybridized carbons (Fsp3) is 0.392. The van der Waals surface area contributed by atoms with E-state index < -0.39 is 78.3 Å². The quantitative estimate of drug-likeness (QED) is 0.0524. The van der Waals surface area contributed by atoms with Gasteiger partial charge in [0.2, 0.25) is 5.91 Å². The van der Waals surface area contributed by atoms with E-state index in [-0.39, 0.29) is 51.4 Å². The first kappa shape index (κ1) is 48.6. The number of aliphatic hydroxyl groups excluding tert-OH is 1. The van der Waals surface area contributed by atoms with Crippen molar-refractivity contribution in [2.45, 2.75) is 96.1 Å². The van der Waals surface area contributed by atoms with Gasteiger partial charge in [0.15, 0.2) is 24.0 Å². The third-order valence-electron chi connectivity index (χ3n) is 11.3. The number of ether oxygens (including phenoxy) is 7. The molecule has 2 saturated heterocycles. The average Bonchev–Trinajstić information content (AvgIpc) is 3.68. The van der Waals surface area contributed by atoms with Gasteiger partial charge < -0.3 is 38.3 Å². The Hall–Kier alpha value is -5.87. The lowest BCUT2D eigenvalue weighted by molar-refractivity contribution is -0.319. The minimum Gasteiger partial charge on any atom is -0.453 e. The molecule has 14 nitrogen and oxygen atoms in total. The number of nitrogens with zero attached hydrogens (tertiary/aromatic N) is 1. The van der Waals surface area contributed by atoms with E-state index >= 15 is 0 Å². The third kappa shape index (κ3) is 13.1. The lowest BCUT2D eigenvalue weighted by atomic mass is 9.92. The molecular formula is C51H57NO13. The van der Waals surface area contributed by atoms with Crippen molar-refractivity contribution in [2.24, 2.45) is 5.92 Å². The zero-order valence-corrected chi connectivity index (χ0v) is 37.1. The van der Waals surface area contributed by atoms with Crippen LogP contribution in [0.4, 0.5) is 4.79 Å². The first-order valence-corrected chi connectivity index (χ1v) is 21.8. The molecule has 6 rings (SSSR count). The number of hydrogen-bond donors (Lipinski definition) is 1. The van der Waals surface area contributed by atoms with Crippen LogP contribution in [0.25, 0.3) is 5.57 Å². The van der Waals surface area contributed by atoms with Gasteiger partial charge >= 0.3 is 12.1 Å². The van der Waals surface area contributed by atoms with E-state index in [1.807, 2.05) is 104 Å². The summed E-state index contributed by atoms with van der Waals surface area (Å²) in [4.78, 5) is 68.7. The summed E-state index contributed by atoms with van der Waals surface area (Å²) in [5.74, 6) is -4.12. The van der Waals surface area contributed by atoms with Gasteiger partial charge in [-0.2, -0.15) is 0 Å². The molecule has 65 heavy (non-hydrogen) atoms. The van der Waals surface area contributed by atoms with Crippen molar-refractivity contribution in [3.05, 3.63) is 149 Å². The molecule has 2 aliphatic rings. The van der Waals surface area contributed by atoms with E-state index in [4.69, 9.17) is 33.2 Å². The molecule has 0 radical (unpaired) electrons. The SMILES string of the molecule is CO[C@H]1O[C@H](CO)[C@@H](OCc2ccccc2)[C@H](OCc2ccccc2)[C@@H]1OCCCC(=O)C(=CC(=O)[C@@H](OC(C)=O)[C@H](C)C(=O)N1C(=O)OC[C@@H]1Cc1ccccc1)c1cccc(C)c1. The minimum atomic E-state index is -1.66. The van der Waals surface area contributed by atoms with Crippen LogP contribution < -0.4 is 0 Å². The number of carbonyl (C=O) groups is 5. The van der Waals surface area contributed by atoms with Crippen LogP contribution in [0.3, 0.4) is 0 Å². The summed E-state index contributed by atoms with van der Waals surface area (Å²) < 4.78 is 41.9. The number of methoxy groups -OCH3 is 1. The van der Waals surface area contributed by atoms with Crippen LogP contribution in [-0.2, 0) is 72.0 Å². The number of cyclic esters (lactones) is 1. The van der Waals surface area contributed by atoms with Crippen molar-refractivity contribution in [3.8, 4) is 0 Å². The van der Waals surface area contributed by atoms with Crippen LogP contribution >= 0.6 is 0 Å². The molecule has 1 N–H and O–H groups in total. The van der Waals surface area contributed by atoms with Gasteiger partial charge in [0.25, 0.3) is 0 Å². The molecule has 0 unspecified atom stereocenters. The average molecular weight is 892 g/mol. The van der Waals surface area contributed by atoms with Crippen LogP contribution in [0.2, 0.25) is 0 Å². The molecule has 0 saturated carbocycles. The second-order valence-electron chi connectivity index (χ2n) is 16.1. The Kier molecular flexibility index (Phi) is 17.9. The highest BCUT2D eigenvalue weighted by Gasteiger charge is 2.49. The van der Waals surface area contributed by atoms with E-state index in [0.29, 0.717) is 12.0 Å². The number of carbonyl (C=O) groups excluding carboxylic acids is 5. The van der Waals surface area contributed by atoms with E-state index in [9.17, 15) is 29.1 Å². The van der Waals surface area contributed by atoms with Crippen LogP contribution in [0.15, 0.2) is 121 Å². The third-order valence-corrected chi connectivity index (χ3v) is 11.3. The summed E-state index contributed by atoms with van der Waals surface area (Å²) in [5.41, 5.74) is 4.00. The molecule has 0 bridgehead atoms. The zero-order chi connectivity index (χ0) is 46.3. The van der Waals surface area contributed by atoms with Crippen LogP contribution in [0, 0.1) is 12.8 Å². The van der Waals surface area contributed by atoms with Crippen molar-refractivity contribution in [1.82, 2.24) is 4.90 Å². The Morgan fingerprint density at radius 3 is 2.02 bits per heavy atom. The summed E-state index contributed by atoms with van der Waals surface area (Å²) >= 11 is 0. The largest absolute Gasteiger partial charge is 0.453 e. The molecule has 2 fully saturated rings. The summed E-state index contributed by atoms with van der Waals surface area (Å²) in [7, 11) is 1.46. The lowest BCUT2D eigenvalue weighted by Gasteiger charge is -2.45. The molecule has 0 spiro atoms. The van der Waals surface area contributed by atoms with Crippen molar-refractivity contribution < 1.29 is 62.2 Å². The fourth-order valence-corrected chi connectivity index (χ4v) is 7.97. The normalized spacial score (nSPS) is 21.9. The Morgan fingerprint density at radius 1 is 0.815 bits per heavy atom. The Morgan fingerprint density at radius 2 is 1.43 bits per heavy atom. The highest BCUT2D eigenvalue weighted by molar-refractivity contribution is 6.25. The first-order valence-electron chi connectivity index (χ1n) is 21.8. The number of hydrogen-bond acceptors (Lipinski definition) is 13. The number of aryl methyl sites for hydroxylation is 1. The molecule has 0 aromatic heterocycles. The van der Waals surface area contributed by atoms with E-state index in [2.05, 4.69) is 0 Å². The summed E-state index contributed by atoms with van der Waals surface area (Å²) in [5, 5.41) is 10.4. The zero-order valence-electron chi connectivity index (χ0n) is 37.1. The first-order chi connectivity index (χ1) is 31.5. The fourth-order valence-electron chi connectivity index (χ4n) is 7.97. The topological polar surface area (TPSA) is 173 Å². The van der Waals surface area contributed by atoms with E-state index in [1.165, 1.54) is 14.0 Å². The molecule has 4 aromatic carbocycles. The van der Waals surface area contributed by atoms with Crippen molar-refractivity contribution >= 4 is 35.1 Å². The van der Waals surface area contributed by atoms with Gasteiger partial charge in [0, 0.05) is 32.6 Å². The number of allylic oxidation sites excluding steroid dienone is 1. The minimum absolute atomic E-state index is 0.0345. The number of benzene rings is 4. The Balaban J connectivity index is 1.19. The second kappa shape index (κ2) is 23.9. The predicted octanol–water partition coefficient (Wildman–Crippen LogP) is 6.37. The molecule has 8 atom stereocenters. The smallest absolute Gasteiger partial charge is 0.416 e. The van der Waals surface area contributed by atoms with Gasteiger partial charge in [0.1, 0.15) is 31.0 Å². The Labute approximate surface area is 379 Å². The molecule has 2 amide bonds. The number of ketones is 2. The monoisotopic (exact) mass is 891 g/mol. The Bertz CT molecular complexity index is 2230. The standard InChI is InChI=1S/C51H57NO13/c1-33-16-14-23-39(26-33)41(28-43(56)45(64-35(3)54)34(2)49(57)52-40(32-63-51(52)58)27-36-17-8-5-9-18-36)42(55)24-15-25-60-48-47(62-31-38-21-12-7-13-22-38)46(44(29-53)65-50(48)59-4)61-30-37-19-10-6-11-20-37/h5-14,16-23,26,28,34,40,44-48,50,53H,15,24-25,27,29-32H2,1-4H3/t34-,40-,44+,45-,46+,47-,48-,50-/m0/s1. The number of esters is 1. The second-order valence-corrected chi connectivity index (χ2v) is 16.1. The highest BCUT2D eigenvalue weighted by Crippen LogP contribution is 2.31. The van der Waals surface area contributed by atoms with E-state index in [0.717, 1.165) is 40.2 Å². The number of Topliss-reactive ketones (excluding diaryl/α,β-unsaturated/α-hetero) is 1. The molecular weight excluding hydrogens is 835 g/mol. The van der Waals surface area contributed by atoms with Crippen LogP contribution in [0.5, 0.6) is 0 Å². The van der Waals surface area contributed by atoms with Crippen molar-refractivity contribution in [3.63, 3.8) is 0 Å². The maximum atomic E-state index is 14.2. The number of imide groups is 1. The van der Waals surface area contributed by atoms with Crippen molar-refractivity contribution in [1.29, 1.82) is 0 Å². The van der Waals surface area contributed by atoms with Gasteiger partial charge in [-0.1, -0.05) is 121 Å². The molecule has 0 aliphatic carbocycles. The highest BCUT2D eigenvalue weighted by atomic mass is 16.7. The molecule has 2 aliphatic heterocycles. The summed E-state index contributed by atoms with van der Waals surface area (Å²) in [6.45, 7) is 4.40. The summed E-state index contributed by atoms with van der Waals surface area (Å²) in [6.07, 6.45) is -5.14. The van der Waals surface area contributed by atoms with Gasteiger partial charge in [-0.05, 0) is 55.0 Å². The molecule has 4 aromatic rings. The van der Waals surface area contributed by atoms with Crippen LogP contribution in [-0.4, -0.2) is 109 Å². The number of aliphatic hydroxyl groups is 1. The molecule has 2 heterocycles. The van der Waals surface area contributed by atoms with Crippen LogP contribution in [0.1, 0.15) is 54.5 Å². The van der Waals surface area contributed by atoms with E-state index in [1.54, 1.807) is 18.2 Å². The summed E-state index contributed by atoms with van der Waals surface area (Å²) in [6, 6.07) is 34.8. The predicted molar refractivity (Wildman–Crippen MR) is 238 cm³/mol. The number of amides is 2. The van der Waals surface area contributed by atoms with Crippen molar-refractivity contribution in [2.75, 3.05) is 26.9 Å². The van der Waals surface area contributed by atoms with Gasteiger partial charge in [-0.25, -0.2) is 9.69 Å². The maximum Gasteiger partial charge on any atom is 0.416 e. The van der Waals surface area contributed by atoms with Gasteiger partial charge in [-0.3, -0.25) is 19.2 Å². The maximum absolute atomic E-state index is 14.2.